The number of carbonyl (C=O) groups excluding carboxylic acids is 1. The van der Waals surface area contributed by atoms with E-state index in [1.807, 2.05) is 22.6 Å². The SMILES string of the molecule is Cc1cc2nnc(SCCC(=O)Nc3cc(Cl)ccc3Cl)n2c2ccccc12. The minimum absolute atomic E-state index is 0.133. The molecule has 0 atom stereocenters. The molecular weight excluding hydrogens is 415 g/mol. The van der Waals surface area contributed by atoms with Crippen molar-refractivity contribution in [1.29, 1.82) is 0 Å². The van der Waals surface area contributed by atoms with Gasteiger partial charge >= 0.3 is 0 Å². The summed E-state index contributed by atoms with van der Waals surface area (Å²) in [5.74, 6) is 0.429. The number of para-hydroxylation sites is 1. The molecule has 8 heteroatoms. The maximum absolute atomic E-state index is 12.3. The van der Waals surface area contributed by atoms with Crippen LogP contribution < -0.4 is 5.32 Å². The van der Waals surface area contributed by atoms with Gasteiger partial charge in [-0.25, -0.2) is 0 Å². The zero-order valence-electron chi connectivity index (χ0n) is 14.9. The monoisotopic (exact) mass is 430 g/mol. The van der Waals surface area contributed by atoms with Crippen molar-refractivity contribution < 1.29 is 4.79 Å². The summed E-state index contributed by atoms with van der Waals surface area (Å²) in [6.45, 7) is 2.06. The van der Waals surface area contributed by atoms with Crippen LogP contribution in [0.5, 0.6) is 0 Å². The van der Waals surface area contributed by atoms with E-state index in [1.54, 1.807) is 18.2 Å². The number of rotatable bonds is 5. The van der Waals surface area contributed by atoms with Gasteiger partial charge in [-0.2, -0.15) is 0 Å². The van der Waals surface area contributed by atoms with Gasteiger partial charge in [-0.3, -0.25) is 9.20 Å². The summed E-state index contributed by atoms with van der Waals surface area (Å²) >= 11 is 13.5. The molecule has 4 rings (SSSR count). The third-order valence-electron chi connectivity index (χ3n) is 4.34. The van der Waals surface area contributed by atoms with Crippen molar-refractivity contribution in [3.05, 3.63) is 64.1 Å². The van der Waals surface area contributed by atoms with Gasteiger partial charge in [-0.1, -0.05) is 53.2 Å². The molecule has 0 spiro atoms. The van der Waals surface area contributed by atoms with E-state index in [0.29, 0.717) is 27.9 Å². The Hall–Kier alpha value is -2.28. The first-order valence-corrected chi connectivity index (χ1v) is 10.4. The summed E-state index contributed by atoms with van der Waals surface area (Å²) in [5, 5.41) is 14.3. The van der Waals surface area contributed by atoms with Crippen LogP contribution in [0.2, 0.25) is 10.0 Å². The number of fused-ring (bicyclic) bond motifs is 3. The predicted molar refractivity (Wildman–Crippen MR) is 116 cm³/mol. The van der Waals surface area contributed by atoms with E-state index in [4.69, 9.17) is 23.2 Å². The third kappa shape index (κ3) is 3.81. The Labute approximate surface area is 176 Å². The number of halogens is 2. The lowest BCUT2D eigenvalue weighted by molar-refractivity contribution is -0.115. The smallest absolute Gasteiger partial charge is 0.225 e. The molecule has 142 valence electrons. The number of thioether (sulfide) groups is 1. The number of hydrogen-bond donors (Lipinski definition) is 1. The normalized spacial score (nSPS) is 11.2. The topological polar surface area (TPSA) is 59.3 Å². The van der Waals surface area contributed by atoms with Crippen LogP contribution >= 0.6 is 35.0 Å². The maximum Gasteiger partial charge on any atom is 0.225 e. The molecule has 5 nitrogen and oxygen atoms in total. The molecular formula is C20H16Cl2N4OS. The van der Waals surface area contributed by atoms with E-state index < -0.39 is 0 Å². The van der Waals surface area contributed by atoms with E-state index in [0.717, 1.165) is 27.3 Å². The van der Waals surface area contributed by atoms with Crippen molar-refractivity contribution in [2.45, 2.75) is 18.5 Å². The Bertz CT molecular complexity index is 1190. The first kappa shape index (κ1) is 19.1. The second-order valence-electron chi connectivity index (χ2n) is 6.29. The lowest BCUT2D eigenvalue weighted by Gasteiger charge is -2.08. The molecule has 28 heavy (non-hydrogen) atoms. The first-order valence-electron chi connectivity index (χ1n) is 8.64. The van der Waals surface area contributed by atoms with E-state index >= 15 is 0 Å². The highest BCUT2D eigenvalue weighted by Gasteiger charge is 2.12. The molecule has 0 aliphatic rings. The quantitative estimate of drug-likeness (QED) is 0.417. The number of aryl methyl sites for hydroxylation is 1. The van der Waals surface area contributed by atoms with Crippen molar-refractivity contribution in [3.8, 4) is 0 Å². The van der Waals surface area contributed by atoms with Gasteiger partial charge in [-0.15, -0.1) is 10.2 Å². The zero-order chi connectivity index (χ0) is 19.7. The number of aromatic nitrogens is 3. The first-order chi connectivity index (χ1) is 13.5. The summed E-state index contributed by atoms with van der Waals surface area (Å²) in [6, 6.07) is 15.1. The number of carbonyl (C=O) groups is 1. The number of nitrogens with zero attached hydrogens (tertiary/aromatic N) is 3. The average molecular weight is 431 g/mol. The molecule has 0 saturated heterocycles. The van der Waals surface area contributed by atoms with Crippen molar-refractivity contribution in [2.24, 2.45) is 0 Å². The van der Waals surface area contributed by atoms with Crippen LogP contribution in [0.1, 0.15) is 12.0 Å². The lowest BCUT2D eigenvalue weighted by atomic mass is 10.1. The zero-order valence-corrected chi connectivity index (χ0v) is 17.3. The molecule has 0 saturated carbocycles. The van der Waals surface area contributed by atoms with Gasteiger partial charge in [-0.05, 0) is 42.8 Å². The molecule has 0 bridgehead atoms. The number of hydrogen-bond acceptors (Lipinski definition) is 4. The Kier molecular flexibility index (Phi) is 5.44. The predicted octanol–water partition coefficient (Wildman–Crippen LogP) is 5.62. The second kappa shape index (κ2) is 7.99. The number of anilines is 1. The minimum atomic E-state index is -0.133. The van der Waals surface area contributed by atoms with Crippen LogP contribution in [0.3, 0.4) is 0 Å². The number of benzene rings is 2. The average Bonchev–Trinajstić information content (AvgIpc) is 3.08. The molecule has 1 amide bonds. The highest BCUT2D eigenvalue weighted by atomic mass is 35.5. The Morgan fingerprint density at radius 2 is 1.96 bits per heavy atom. The van der Waals surface area contributed by atoms with Gasteiger partial charge in [0.05, 0.1) is 16.2 Å². The van der Waals surface area contributed by atoms with Gasteiger partial charge in [0.15, 0.2) is 10.8 Å². The van der Waals surface area contributed by atoms with E-state index in [1.165, 1.54) is 11.8 Å². The molecule has 0 fully saturated rings. The molecule has 0 aliphatic carbocycles. The minimum Gasteiger partial charge on any atom is -0.325 e. The molecule has 2 aromatic carbocycles. The fraction of sp³-hybridized carbons (Fsp3) is 0.150. The highest BCUT2D eigenvalue weighted by molar-refractivity contribution is 7.99. The molecule has 0 aliphatic heterocycles. The third-order valence-corrected chi connectivity index (χ3v) is 5.83. The Balaban J connectivity index is 1.48. The number of pyridine rings is 1. The Morgan fingerprint density at radius 1 is 1.14 bits per heavy atom. The van der Waals surface area contributed by atoms with Gasteiger partial charge in [0.1, 0.15) is 0 Å². The number of nitrogens with one attached hydrogen (secondary N) is 1. The fourth-order valence-electron chi connectivity index (χ4n) is 3.01. The van der Waals surface area contributed by atoms with Crippen molar-refractivity contribution in [1.82, 2.24) is 14.6 Å². The van der Waals surface area contributed by atoms with Crippen LogP contribution in [0.15, 0.2) is 53.7 Å². The maximum atomic E-state index is 12.3. The summed E-state index contributed by atoms with van der Waals surface area (Å²) in [6.07, 6.45) is 0.312. The largest absolute Gasteiger partial charge is 0.325 e. The summed E-state index contributed by atoms with van der Waals surface area (Å²) in [5.41, 5.74) is 3.53. The van der Waals surface area contributed by atoms with E-state index in [9.17, 15) is 4.79 Å². The second-order valence-corrected chi connectivity index (χ2v) is 8.20. The summed E-state index contributed by atoms with van der Waals surface area (Å²) in [7, 11) is 0. The fourth-order valence-corrected chi connectivity index (χ4v) is 4.24. The van der Waals surface area contributed by atoms with Gasteiger partial charge in [0.25, 0.3) is 0 Å². The Morgan fingerprint density at radius 3 is 2.82 bits per heavy atom. The van der Waals surface area contributed by atoms with E-state index in [2.05, 4.69) is 34.6 Å². The molecule has 2 aromatic heterocycles. The highest BCUT2D eigenvalue weighted by Crippen LogP contribution is 2.27. The molecule has 4 aromatic rings. The van der Waals surface area contributed by atoms with Gasteiger partial charge in [0, 0.05) is 22.6 Å². The van der Waals surface area contributed by atoms with Gasteiger partial charge in [0.2, 0.25) is 5.91 Å². The van der Waals surface area contributed by atoms with Crippen molar-refractivity contribution in [2.75, 3.05) is 11.1 Å². The van der Waals surface area contributed by atoms with Crippen molar-refractivity contribution in [3.63, 3.8) is 0 Å². The number of amides is 1. The van der Waals surface area contributed by atoms with Crippen LogP contribution in [0.4, 0.5) is 5.69 Å². The molecule has 0 unspecified atom stereocenters. The van der Waals surface area contributed by atoms with Crippen LogP contribution in [-0.4, -0.2) is 26.3 Å². The van der Waals surface area contributed by atoms with Crippen molar-refractivity contribution >= 4 is 63.1 Å². The molecule has 2 heterocycles. The van der Waals surface area contributed by atoms with Crippen LogP contribution in [0, 0.1) is 6.92 Å². The van der Waals surface area contributed by atoms with Crippen LogP contribution in [0.25, 0.3) is 16.6 Å². The molecule has 1 N–H and O–H groups in total. The van der Waals surface area contributed by atoms with Gasteiger partial charge < -0.3 is 5.32 Å². The standard InChI is InChI=1S/C20H16Cl2N4OS/c1-12-10-18-24-25-20(26(18)17-5-3-2-4-14(12)17)28-9-8-19(27)23-16-11-13(21)6-7-15(16)22/h2-7,10-11H,8-9H2,1H3,(H,23,27). The lowest BCUT2D eigenvalue weighted by Crippen LogP contribution is -2.12. The summed E-state index contributed by atoms with van der Waals surface area (Å²) < 4.78 is 2.03. The summed E-state index contributed by atoms with van der Waals surface area (Å²) in [4.78, 5) is 12.3. The van der Waals surface area contributed by atoms with Crippen LogP contribution in [-0.2, 0) is 4.79 Å². The molecule has 0 radical (unpaired) electrons. The van der Waals surface area contributed by atoms with E-state index in [-0.39, 0.29) is 5.91 Å².